The van der Waals surface area contributed by atoms with E-state index in [0.717, 1.165) is 6.42 Å². The third-order valence-electron chi connectivity index (χ3n) is 8.70. The number of primary amides is 1. The van der Waals surface area contributed by atoms with E-state index in [1.165, 1.54) is 0 Å². The molecule has 2 aromatic rings. The number of hydrogen-bond acceptors (Lipinski definition) is 9. The van der Waals surface area contributed by atoms with Crippen LogP contribution in [0, 0.1) is 5.92 Å². The highest BCUT2D eigenvalue weighted by molar-refractivity contribution is 6.41. The minimum absolute atomic E-state index is 0.119. The molecule has 0 radical (unpaired) electrons. The molecule has 3 rings (SSSR count). The largest absolute Gasteiger partial charge is 0.445 e. The summed E-state index contributed by atoms with van der Waals surface area (Å²) in [6.45, 7) is 9.05. The van der Waals surface area contributed by atoms with Gasteiger partial charge in [0.1, 0.15) is 24.7 Å². The molecule has 6 N–H and O–H groups in total. The van der Waals surface area contributed by atoms with E-state index in [1.54, 1.807) is 95.3 Å². The highest BCUT2D eigenvalue weighted by Gasteiger charge is 2.45. The van der Waals surface area contributed by atoms with Gasteiger partial charge in [0.2, 0.25) is 23.5 Å². The second kappa shape index (κ2) is 19.5. The van der Waals surface area contributed by atoms with Gasteiger partial charge in [-0.1, -0.05) is 80.9 Å². The Balaban J connectivity index is 2.07. The van der Waals surface area contributed by atoms with Gasteiger partial charge in [0, 0.05) is 18.4 Å². The van der Waals surface area contributed by atoms with Crippen LogP contribution in [0.4, 0.5) is 4.79 Å². The number of Topliss-reactive ketones (excluding diaryl/α,β-unsaturated/α-hetero) is 1. The predicted octanol–water partition coefficient (Wildman–Crippen LogP) is 2.28. The Kier molecular flexibility index (Phi) is 15.5. The highest BCUT2D eigenvalue weighted by atomic mass is 16.5. The topological polar surface area (TPSA) is 206 Å². The molecule has 1 aliphatic heterocycles. The fraction of sp³-hybridized carbons (Fsp3) is 0.500. The van der Waals surface area contributed by atoms with Crippen LogP contribution in [-0.2, 0) is 46.5 Å². The van der Waals surface area contributed by atoms with Crippen molar-refractivity contribution in [3.8, 4) is 0 Å². The molecule has 0 unspecified atom stereocenters. The molecule has 1 saturated heterocycles. The van der Waals surface area contributed by atoms with Crippen LogP contribution in [0.25, 0.3) is 0 Å². The summed E-state index contributed by atoms with van der Waals surface area (Å²) in [5, 5.41) is 11.0. The van der Waals surface area contributed by atoms with Gasteiger partial charge in [-0.25, -0.2) is 4.79 Å². The van der Waals surface area contributed by atoms with E-state index < -0.39 is 89.9 Å². The first-order chi connectivity index (χ1) is 24.6. The van der Waals surface area contributed by atoms with E-state index in [0.29, 0.717) is 35.4 Å². The fourth-order valence-corrected chi connectivity index (χ4v) is 5.73. The first-order valence-electron chi connectivity index (χ1n) is 17.7. The number of nitrogens with zero attached hydrogens (tertiary/aromatic N) is 1. The maximum atomic E-state index is 14.7. The molecule has 0 spiro atoms. The van der Waals surface area contributed by atoms with Gasteiger partial charge in [-0.2, -0.15) is 0 Å². The molecule has 52 heavy (non-hydrogen) atoms. The van der Waals surface area contributed by atoms with Crippen molar-refractivity contribution < 1.29 is 38.3 Å². The lowest BCUT2D eigenvalue weighted by Gasteiger charge is -2.36. The number of hydrogen-bond donors (Lipinski definition) is 5. The number of ketones is 1. The Morgan fingerprint density at radius 1 is 0.942 bits per heavy atom. The van der Waals surface area contributed by atoms with Crippen molar-refractivity contribution in [2.75, 3.05) is 6.54 Å². The summed E-state index contributed by atoms with van der Waals surface area (Å²) in [5.74, 6) is -6.26. The first-order valence-corrected chi connectivity index (χ1v) is 17.7. The Morgan fingerprint density at radius 2 is 1.56 bits per heavy atom. The molecular formula is C38H52N6O8. The van der Waals surface area contributed by atoms with Crippen LogP contribution < -0.4 is 27.0 Å². The summed E-state index contributed by atoms with van der Waals surface area (Å²) >= 11 is 0. The zero-order chi connectivity index (χ0) is 38.4. The van der Waals surface area contributed by atoms with Crippen molar-refractivity contribution in [1.82, 2.24) is 26.2 Å². The van der Waals surface area contributed by atoms with E-state index >= 15 is 0 Å². The Bertz CT molecular complexity index is 1560. The van der Waals surface area contributed by atoms with Gasteiger partial charge in [-0.3, -0.25) is 33.7 Å². The maximum Gasteiger partial charge on any atom is 0.408 e. The molecule has 282 valence electrons. The number of carbonyl (C=O) groups excluding carboxylic acids is 7. The summed E-state index contributed by atoms with van der Waals surface area (Å²) < 4.78 is 5.35. The van der Waals surface area contributed by atoms with E-state index in [4.69, 9.17) is 10.5 Å². The molecule has 0 aromatic heterocycles. The summed E-state index contributed by atoms with van der Waals surface area (Å²) in [7, 11) is 0. The van der Waals surface area contributed by atoms with Crippen LogP contribution in [0.2, 0.25) is 0 Å². The maximum absolute atomic E-state index is 14.7. The smallest absolute Gasteiger partial charge is 0.408 e. The Morgan fingerprint density at radius 3 is 2.10 bits per heavy atom. The number of nitrogens with two attached hydrogens (primary N) is 1. The van der Waals surface area contributed by atoms with Crippen LogP contribution in [0.15, 0.2) is 60.7 Å². The van der Waals surface area contributed by atoms with Gasteiger partial charge in [-0.15, -0.1) is 0 Å². The standard InChI is InChI=1S/C38H52N6O8/c1-6-24(2)31(42-33(47)27-18-13-21-40-27)35(49)44(29(19-20-30(39)45)34(48)43-38(3,4)5)36(50)32(46)28(22-25-14-9-7-10-15-25)41-37(51)52-23-26-16-11-8-12-17-26/h7-12,14-17,24,27-29,31,40H,6,13,18-23H2,1-5H3,(H2,39,45)(H,41,51)(H,42,47)(H,43,48)/t24-,27-,28+,29-,31-/m0/s1. The SMILES string of the molecule is CC[C@H](C)[C@H](NC(=O)[C@@H]1CCCN1)C(=O)N(C(=O)C(=O)[C@@H](Cc1ccccc1)NC(=O)OCc1ccccc1)[C@@H](CCC(N)=O)C(=O)NC(C)(C)C. The molecule has 14 nitrogen and oxygen atoms in total. The minimum Gasteiger partial charge on any atom is -0.445 e. The summed E-state index contributed by atoms with van der Waals surface area (Å²) in [6.07, 6.45) is -0.278. The third-order valence-corrected chi connectivity index (χ3v) is 8.70. The lowest BCUT2D eigenvalue weighted by Crippen LogP contribution is -2.64. The molecule has 1 fully saturated rings. The highest BCUT2D eigenvalue weighted by Crippen LogP contribution is 2.20. The second-order valence-corrected chi connectivity index (χ2v) is 14.1. The number of rotatable bonds is 17. The molecule has 1 aliphatic rings. The molecule has 14 heteroatoms. The van der Waals surface area contributed by atoms with Crippen LogP contribution >= 0.6 is 0 Å². The summed E-state index contributed by atoms with van der Waals surface area (Å²) in [5.41, 5.74) is 5.88. The van der Waals surface area contributed by atoms with Crippen LogP contribution in [-0.4, -0.2) is 82.6 Å². The monoisotopic (exact) mass is 720 g/mol. The number of amides is 6. The average Bonchev–Trinajstić information content (AvgIpc) is 3.65. The van der Waals surface area contributed by atoms with Crippen molar-refractivity contribution in [2.45, 2.75) is 109 Å². The van der Waals surface area contributed by atoms with Gasteiger partial charge in [0.05, 0.1) is 6.04 Å². The van der Waals surface area contributed by atoms with Crippen molar-refractivity contribution in [3.05, 3.63) is 71.8 Å². The summed E-state index contributed by atoms with van der Waals surface area (Å²) in [6, 6.07) is 12.3. The molecule has 1 heterocycles. The predicted molar refractivity (Wildman–Crippen MR) is 193 cm³/mol. The van der Waals surface area contributed by atoms with Crippen molar-refractivity contribution in [2.24, 2.45) is 11.7 Å². The van der Waals surface area contributed by atoms with Crippen molar-refractivity contribution in [1.29, 1.82) is 0 Å². The normalized spacial score (nSPS) is 16.4. The Hall–Kier alpha value is -5.11. The minimum atomic E-state index is -1.67. The fourth-order valence-electron chi connectivity index (χ4n) is 5.73. The van der Waals surface area contributed by atoms with Crippen LogP contribution in [0.1, 0.15) is 77.8 Å². The molecule has 5 atom stereocenters. The second-order valence-electron chi connectivity index (χ2n) is 14.1. The van der Waals surface area contributed by atoms with E-state index in [-0.39, 0.29) is 13.0 Å². The van der Waals surface area contributed by atoms with Gasteiger partial charge in [0.25, 0.3) is 11.8 Å². The molecule has 2 aromatic carbocycles. The number of carbonyl (C=O) groups is 7. The van der Waals surface area contributed by atoms with E-state index in [9.17, 15) is 33.6 Å². The van der Waals surface area contributed by atoms with Crippen LogP contribution in [0.5, 0.6) is 0 Å². The van der Waals surface area contributed by atoms with E-state index in [2.05, 4.69) is 21.3 Å². The van der Waals surface area contributed by atoms with E-state index in [1.807, 2.05) is 0 Å². The number of alkyl carbamates (subject to hydrolysis) is 1. The van der Waals surface area contributed by atoms with Crippen molar-refractivity contribution in [3.63, 3.8) is 0 Å². The number of imide groups is 1. The zero-order valence-electron chi connectivity index (χ0n) is 30.6. The quantitative estimate of drug-likeness (QED) is 0.152. The molecule has 0 saturated carbocycles. The van der Waals surface area contributed by atoms with Gasteiger partial charge < -0.3 is 31.7 Å². The molecule has 0 bridgehead atoms. The molecular weight excluding hydrogens is 668 g/mol. The van der Waals surface area contributed by atoms with Crippen molar-refractivity contribution >= 4 is 41.4 Å². The number of benzene rings is 2. The lowest BCUT2D eigenvalue weighted by molar-refractivity contribution is -0.159. The molecule has 0 aliphatic carbocycles. The third kappa shape index (κ3) is 12.6. The molecule has 6 amide bonds. The first kappa shape index (κ1) is 41.3. The van der Waals surface area contributed by atoms with Gasteiger partial charge >= 0.3 is 6.09 Å². The van der Waals surface area contributed by atoms with Gasteiger partial charge in [-0.05, 0) is 63.6 Å². The number of ether oxygens (including phenoxy) is 1. The Labute approximate surface area is 305 Å². The number of nitrogens with one attached hydrogen (secondary N) is 4. The average molecular weight is 721 g/mol. The lowest BCUT2D eigenvalue weighted by atomic mass is 9.94. The summed E-state index contributed by atoms with van der Waals surface area (Å²) in [4.78, 5) is 96.3. The van der Waals surface area contributed by atoms with Gasteiger partial charge in [0.15, 0.2) is 0 Å². The zero-order valence-corrected chi connectivity index (χ0v) is 30.6. The van der Waals surface area contributed by atoms with Crippen LogP contribution in [0.3, 0.4) is 0 Å².